The first-order valence-corrected chi connectivity index (χ1v) is 7.29. The van der Waals surface area contributed by atoms with Crippen molar-refractivity contribution in [3.63, 3.8) is 0 Å². The first kappa shape index (κ1) is 13.3. The summed E-state index contributed by atoms with van der Waals surface area (Å²) in [5, 5.41) is 4.40. The molecule has 0 bridgehead atoms. The summed E-state index contributed by atoms with van der Waals surface area (Å²) in [7, 11) is 0. The van der Waals surface area contributed by atoms with Gasteiger partial charge in [0.15, 0.2) is 0 Å². The van der Waals surface area contributed by atoms with Crippen molar-refractivity contribution in [1.29, 1.82) is 0 Å². The van der Waals surface area contributed by atoms with Gasteiger partial charge in [0.1, 0.15) is 0 Å². The van der Waals surface area contributed by atoms with Gasteiger partial charge in [0.05, 0.1) is 0 Å². The van der Waals surface area contributed by atoms with Crippen molar-refractivity contribution in [2.24, 2.45) is 5.73 Å². The van der Waals surface area contributed by atoms with Crippen LogP contribution >= 0.6 is 27.5 Å². The van der Waals surface area contributed by atoms with Crippen LogP contribution in [-0.4, -0.2) is 12.6 Å². The van der Waals surface area contributed by atoms with Crippen LogP contribution in [0.2, 0.25) is 5.02 Å². The molecule has 94 valence electrons. The summed E-state index contributed by atoms with van der Waals surface area (Å²) in [6.45, 7) is 0.581. The van der Waals surface area contributed by atoms with Gasteiger partial charge in [0.25, 0.3) is 0 Å². The number of nitrogens with one attached hydrogen (secondary N) is 1. The molecule has 1 aromatic carbocycles. The van der Waals surface area contributed by atoms with Crippen molar-refractivity contribution < 1.29 is 0 Å². The number of halogens is 2. The van der Waals surface area contributed by atoms with E-state index in [4.69, 9.17) is 17.3 Å². The summed E-state index contributed by atoms with van der Waals surface area (Å²) >= 11 is 9.68. The van der Waals surface area contributed by atoms with Crippen LogP contribution in [0.4, 0.5) is 0 Å². The average molecular weight is 318 g/mol. The molecule has 4 heteroatoms. The van der Waals surface area contributed by atoms with E-state index in [1.807, 2.05) is 18.2 Å². The Bertz CT molecular complexity index is 378. The van der Waals surface area contributed by atoms with Gasteiger partial charge in [-0.25, -0.2) is 0 Å². The van der Waals surface area contributed by atoms with Crippen LogP contribution in [0.3, 0.4) is 0 Å². The van der Waals surface area contributed by atoms with Gasteiger partial charge in [-0.15, -0.1) is 0 Å². The van der Waals surface area contributed by atoms with E-state index in [-0.39, 0.29) is 6.04 Å². The zero-order valence-electron chi connectivity index (χ0n) is 9.76. The molecule has 2 nitrogen and oxygen atoms in total. The standard InChI is InChI=1S/C13H18BrClN2/c14-9-5-6-11(12(15)7-9)13(8-16)17-10-3-1-2-4-10/h5-7,10,13,17H,1-4,8,16H2. The maximum atomic E-state index is 6.26. The second kappa shape index (κ2) is 6.19. The number of hydrogen-bond donors (Lipinski definition) is 2. The number of nitrogens with two attached hydrogens (primary N) is 1. The van der Waals surface area contributed by atoms with Gasteiger partial charge in [-0.1, -0.05) is 46.4 Å². The fraction of sp³-hybridized carbons (Fsp3) is 0.538. The minimum atomic E-state index is 0.165. The molecule has 1 aliphatic rings. The van der Waals surface area contributed by atoms with Gasteiger partial charge >= 0.3 is 0 Å². The number of benzene rings is 1. The summed E-state index contributed by atoms with van der Waals surface area (Å²) in [6, 6.07) is 6.75. The zero-order chi connectivity index (χ0) is 12.3. The quantitative estimate of drug-likeness (QED) is 0.890. The van der Waals surface area contributed by atoms with Gasteiger partial charge in [-0.2, -0.15) is 0 Å². The fourth-order valence-electron chi connectivity index (χ4n) is 2.45. The normalized spacial score (nSPS) is 18.5. The second-order valence-electron chi connectivity index (χ2n) is 4.60. The molecule has 1 atom stereocenters. The van der Waals surface area contributed by atoms with Crippen molar-refractivity contribution in [2.45, 2.75) is 37.8 Å². The van der Waals surface area contributed by atoms with Crippen LogP contribution < -0.4 is 11.1 Å². The highest BCUT2D eigenvalue weighted by atomic mass is 79.9. The van der Waals surface area contributed by atoms with Crippen LogP contribution in [-0.2, 0) is 0 Å². The van der Waals surface area contributed by atoms with Crippen LogP contribution in [0.5, 0.6) is 0 Å². The lowest BCUT2D eigenvalue weighted by Crippen LogP contribution is -2.35. The smallest absolute Gasteiger partial charge is 0.0465 e. The van der Waals surface area contributed by atoms with E-state index in [0.717, 1.165) is 15.1 Å². The van der Waals surface area contributed by atoms with Gasteiger partial charge in [-0.3, -0.25) is 0 Å². The highest BCUT2D eigenvalue weighted by molar-refractivity contribution is 9.10. The van der Waals surface area contributed by atoms with E-state index in [9.17, 15) is 0 Å². The highest BCUT2D eigenvalue weighted by Gasteiger charge is 2.20. The molecule has 0 saturated heterocycles. The molecular weight excluding hydrogens is 300 g/mol. The van der Waals surface area contributed by atoms with Gasteiger partial charge in [0.2, 0.25) is 0 Å². The molecule has 0 aliphatic heterocycles. The average Bonchev–Trinajstić information content (AvgIpc) is 2.79. The van der Waals surface area contributed by atoms with Crippen molar-refractivity contribution in [3.05, 3.63) is 33.3 Å². The molecule has 1 fully saturated rings. The minimum absolute atomic E-state index is 0.165. The van der Waals surface area contributed by atoms with Crippen LogP contribution in [0.15, 0.2) is 22.7 Å². The third-order valence-corrected chi connectivity index (χ3v) is 4.19. The van der Waals surface area contributed by atoms with Crippen LogP contribution in [0, 0.1) is 0 Å². The van der Waals surface area contributed by atoms with E-state index in [0.29, 0.717) is 12.6 Å². The molecule has 0 heterocycles. The molecular formula is C13H18BrClN2. The third-order valence-electron chi connectivity index (χ3n) is 3.37. The maximum Gasteiger partial charge on any atom is 0.0465 e. The molecule has 1 unspecified atom stereocenters. The second-order valence-corrected chi connectivity index (χ2v) is 5.93. The monoisotopic (exact) mass is 316 g/mol. The topological polar surface area (TPSA) is 38.0 Å². The first-order valence-electron chi connectivity index (χ1n) is 6.12. The Labute approximate surface area is 116 Å². The van der Waals surface area contributed by atoms with Crippen LogP contribution in [0.1, 0.15) is 37.3 Å². The first-order chi connectivity index (χ1) is 8.20. The van der Waals surface area contributed by atoms with Crippen molar-refractivity contribution in [3.8, 4) is 0 Å². The SMILES string of the molecule is NCC(NC1CCCC1)c1ccc(Br)cc1Cl. The van der Waals surface area contributed by atoms with Crippen molar-refractivity contribution >= 4 is 27.5 Å². The number of hydrogen-bond acceptors (Lipinski definition) is 2. The molecule has 1 saturated carbocycles. The van der Waals surface area contributed by atoms with Gasteiger partial charge < -0.3 is 11.1 Å². The Morgan fingerprint density at radius 1 is 1.41 bits per heavy atom. The summed E-state index contributed by atoms with van der Waals surface area (Å²) in [5.74, 6) is 0. The zero-order valence-corrected chi connectivity index (χ0v) is 12.1. The summed E-state index contributed by atoms with van der Waals surface area (Å²) in [5.41, 5.74) is 6.96. The van der Waals surface area contributed by atoms with Gasteiger partial charge in [-0.05, 0) is 30.5 Å². The Kier molecular flexibility index (Phi) is 4.86. The van der Waals surface area contributed by atoms with E-state index < -0.39 is 0 Å². The molecule has 17 heavy (non-hydrogen) atoms. The highest BCUT2D eigenvalue weighted by Crippen LogP contribution is 2.28. The Hall–Kier alpha value is -0.0900. The molecule has 0 spiro atoms. The molecule has 3 N–H and O–H groups in total. The molecule has 1 aliphatic carbocycles. The predicted octanol–water partition coefficient (Wildman–Crippen LogP) is 3.63. The number of rotatable bonds is 4. The minimum Gasteiger partial charge on any atom is -0.329 e. The van der Waals surface area contributed by atoms with Crippen molar-refractivity contribution in [1.82, 2.24) is 5.32 Å². The lowest BCUT2D eigenvalue weighted by atomic mass is 10.1. The van der Waals surface area contributed by atoms with E-state index in [1.54, 1.807) is 0 Å². The van der Waals surface area contributed by atoms with Crippen LogP contribution in [0.25, 0.3) is 0 Å². The summed E-state index contributed by atoms with van der Waals surface area (Å²) in [4.78, 5) is 0. The summed E-state index contributed by atoms with van der Waals surface area (Å²) in [6.07, 6.45) is 5.15. The molecule has 2 rings (SSSR count). The summed E-state index contributed by atoms with van der Waals surface area (Å²) < 4.78 is 1.00. The lowest BCUT2D eigenvalue weighted by molar-refractivity contribution is 0.444. The van der Waals surface area contributed by atoms with Gasteiger partial charge in [0, 0.05) is 28.1 Å². The van der Waals surface area contributed by atoms with Crippen molar-refractivity contribution in [2.75, 3.05) is 6.54 Å². The largest absolute Gasteiger partial charge is 0.329 e. The Morgan fingerprint density at radius 3 is 2.71 bits per heavy atom. The van der Waals surface area contributed by atoms with E-state index in [2.05, 4.69) is 21.2 Å². The Morgan fingerprint density at radius 2 is 2.12 bits per heavy atom. The molecule has 0 aromatic heterocycles. The Balaban J connectivity index is 2.10. The predicted molar refractivity (Wildman–Crippen MR) is 76.3 cm³/mol. The molecule has 1 aromatic rings. The third kappa shape index (κ3) is 3.44. The molecule has 0 amide bonds. The lowest BCUT2D eigenvalue weighted by Gasteiger charge is -2.23. The maximum absolute atomic E-state index is 6.26. The van der Waals surface area contributed by atoms with E-state index in [1.165, 1.54) is 25.7 Å². The van der Waals surface area contributed by atoms with E-state index >= 15 is 0 Å². The fourth-order valence-corrected chi connectivity index (χ4v) is 3.25. The molecule has 0 radical (unpaired) electrons.